The molecule has 4 nitrogen and oxygen atoms in total. The van der Waals surface area contributed by atoms with E-state index in [1.54, 1.807) is 12.3 Å². The van der Waals surface area contributed by atoms with Crippen LogP contribution in [0, 0.1) is 0 Å². The number of aromatic nitrogens is 1. The number of amides is 1. The molecule has 0 aliphatic heterocycles. The standard InChI is InChI=1S/C13H21N3OS/c1-3-7-16(8-4-2)13(17)10-18-11-5-6-12(14)15-9-11/h5-6,9H,3-4,7-8,10H2,1-2H3,(H2,14,15). The molecule has 0 saturated heterocycles. The van der Waals surface area contributed by atoms with Crippen LogP contribution >= 0.6 is 11.8 Å². The van der Waals surface area contributed by atoms with Gasteiger partial charge < -0.3 is 10.6 Å². The highest BCUT2D eigenvalue weighted by Crippen LogP contribution is 2.18. The zero-order valence-corrected chi connectivity index (χ0v) is 11.9. The quantitative estimate of drug-likeness (QED) is 0.771. The summed E-state index contributed by atoms with van der Waals surface area (Å²) in [6.45, 7) is 5.86. The van der Waals surface area contributed by atoms with E-state index in [4.69, 9.17) is 5.73 Å². The van der Waals surface area contributed by atoms with Gasteiger partial charge in [-0.3, -0.25) is 4.79 Å². The van der Waals surface area contributed by atoms with E-state index in [1.807, 2.05) is 11.0 Å². The number of pyridine rings is 1. The maximum absolute atomic E-state index is 12.0. The Morgan fingerprint density at radius 1 is 1.33 bits per heavy atom. The molecule has 18 heavy (non-hydrogen) atoms. The predicted octanol–water partition coefficient (Wildman–Crippen LogP) is 2.40. The summed E-state index contributed by atoms with van der Waals surface area (Å²) in [6, 6.07) is 3.65. The molecule has 0 radical (unpaired) electrons. The lowest BCUT2D eigenvalue weighted by Crippen LogP contribution is -2.33. The van der Waals surface area contributed by atoms with E-state index in [0.717, 1.165) is 30.8 Å². The molecule has 0 aliphatic carbocycles. The fraction of sp³-hybridized carbons (Fsp3) is 0.538. The van der Waals surface area contributed by atoms with Crippen LogP contribution in [0.25, 0.3) is 0 Å². The van der Waals surface area contributed by atoms with Gasteiger partial charge in [0.25, 0.3) is 0 Å². The van der Waals surface area contributed by atoms with Gasteiger partial charge in [0.05, 0.1) is 5.75 Å². The van der Waals surface area contributed by atoms with E-state index in [1.165, 1.54) is 11.8 Å². The molecule has 0 unspecified atom stereocenters. The number of hydrogen-bond donors (Lipinski definition) is 1. The number of hydrogen-bond acceptors (Lipinski definition) is 4. The molecule has 0 saturated carbocycles. The largest absolute Gasteiger partial charge is 0.384 e. The number of rotatable bonds is 7. The lowest BCUT2D eigenvalue weighted by molar-refractivity contribution is -0.128. The third-order valence-electron chi connectivity index (χ3n) is 2.46. The highest BCUT2D eigenvalue weighted by atomic mass is 32.2. The molecular formula is C13H21N3OS. The van der Waals surface area contributed by atoms with Gasteiger partial charge in [-0.1, -0.05) is 13.8 Å². The average molecular weight is 267 g/mol. The third kappa shape index (κ3) is 4.96. The molecule has 0 atom stereocenters. The molecule has 1 heterocycles. The molecule has 1 amide bonds. The Labute approximate surface area is 113 Å². The molecule has 0 spiro atoms. The van der Waals surface area contributed by atoms with Crippen molar-refractivity contribution in [2.75, 3.05) is 24.6 Å². The van der Waals surface area contributed by atoms with Crippen LogP contribution in [-0.2, 0) is 4.79 Å². The van der Waals surface area contributed by atoms with Crippen LogP contribution in [0.1, 0.15) is 26.7 Å². The van der Waals surface area contributed by atoms with Gasteiger partial charge in [0.15, 0.2) is 0 Å². The molecule has 0 aliphatic rings. The fourth-order valence-corrected chi connectivity index (χ4v) is 2.38. The van der Waals surface area contributed by atoms with Crippen molar-refractivity contribution in [2.45, 2.75) is 31.6 Å². The van der Waals surface area contributed by atoms with Crippen LogP contribution in [0.15, 0.2) is 23.2 Å². The lowest BCUT2D eigenvalue weighted by atomic mass is 10.3. The summed E-state index contributed by atoms with van der Waals surface area (Å²) in [5, 5.41) is 0. The Morgan fingerprint density at radius 2 is 2.00 bits per heavy atom. The van der Waals surface area contributed by atoms with Crippen LogP contribution in [0.4, 0.5) is 5.82 Å². The molecule has 0 bridgehead atoms. The first-order valence-corrected chi connectivity index (χ1v) is 7.28. The molecule has 2 N–H and O–H groups in total. The van der Waals surface area contributed by atoms with Crippen LogP contribution in [0.2, 0.25) is 0 Å². The first-order chi connectivity index (χ1) is 8.67. The minimum Gasteiger partial charge on any atom is -0.384 e. The first-order valence-electron chi connectivity index (χ1n) is 6.29. The van der Waals surface area contributed by atoms with Crippen molar-refractivity contribution >= 4 is 23.5 Å². The highest BCUT2D eigenvalue weighted by molar-refractivity contribution is 8.00. The van der Waals surface area contributed by atoms with Crippen molar-refractivity contribution in [3.05, 3.63) is 18.3 Å². The topological polar surface area (TPSA) is 59.2 Å². The summed E-state index contributed by atoms with van der Waals surface area (Å²) < 4.78 is 0. The van der Waals surface area contributed by atoms with Gasteiger partial charge in [0.1, 0.15) is 5.82 Å². The van der Waals surface area contributed by atoms with Crippen LogP contribution in [0.5, 0.6) is 0 Å². The predicted molar refractivity (Wildman–Crippen MR) is 76.5 cm³/mol. The van der Waals surface area contributed by atoms with Crippen molar-refractivity contribution in [1.82, 2.24) is 9.88 Å². The van der Waals surface area contributed by atoms with Gasteiger partial charge in [-0.25, -0.2) is 4.98 Å². The third-order valence-corrected chi connectivity index (χ3v) is 3.43. The van der Waals surface area contributed by atoms with Gasteiger partial charge in [-0.2, -0.15) is 0 Å². The van der Waals surface area contributed by atoms with Gasteiger partial charge in [0.2, 0.25) is 5.91 Å². The summed E-state index contributed by atoms with van der Waals surface area (Å²) in [4.78, 5) is 18.9. The van der Waals surface area contributed by atoms with Crippen molar-refractivity contribution in [1.29, 1.82) is 0 Å². The van der Waals surface area contributed by atoms with Crippen LogP contribution < -0.4 is 5.73 Å². The molecule has 5 heteroatoms. The number of anilines is 1. The van der Waals surface area contributed by atoms with Crippen molar-refractivity contribution in [3.63, 3.8) is 0 Å². The Kier molecular flexibility index (Phi) is 6.57. The minimum atomic E-state index is 0.195. The van der Waals surface area contributed by atoms with Crippen LogP contribution in [-0.4, -0.2) is 34.6 Å². The normalized spacial score (nSPS) is 10.3. The molecule has 0 fully saturated rings. The molecule has 1 aromatic heterocycles. The van der Waals surface area contributed by atoms with Crippen molar-refractivity contribution in [2.24, 2.45) is 0 Å². The number of thioether (sulfide) groups is 1. The summed E-state index contributed by atoms with van der Waals surface area (Å²) in [6.07, 6.45) is 3.71. The van der Waals surface area contributed by atoms with E-state index in [0.29, 0.717) is 11.6 Å². The summed E-state index contributed by atoms with van der Waals surface area (Å²) >= 11 is 1.51. The second kappa shape index (κ2) is 7.97. The number of nitrogens with zero attached hydrogens (tertiary/aromatic N) is 2. The molecular weight excluding hydrogens is 246 g/mol. The van der Waals surface area contributed by atoms with E-state index in [2.05, 4.69) is 18.8 Å². The maximum Gasteiger partial charge on any atom is 0.232 e. The Hall–Kier alpha value is -1.23. The van der Waals surface area contributed by atoms with Crippen LogP contribution in [0.3, 0.4) is 0 Å². The summed E-state index contributed by atoms with van der Waals surface area (Å²) in [5.41, 5.74) is 5.51. The molecule has 1 aromatic rings. The van der Waals surface area contributed by atoms with Crippen molar-refractivity contribution < 1.29 is 4.79 Å². The van der Waals surface area contributed by atoms with Gasteiger partial charge in [-0.15, -0.1) is 11.8 Å². The molecule has 0 aromatic carbocycles. The van der Waals surface area contributed by atoms with Gasteiger partial charge in [0, 0.05) is 24.2 Å². The first kappa shape index (κ1) is 14.8. The van der Waals surface area contributed by atoms with E-state index in [-0.39, 0.29) is 5.91 Å². The number of carbonyl (C=O) groups is 1. The summed E-state index contributed by atoms with van der Waals surface area (Å²) in [5.74, 6) is 1.16. The Morgan fingerprint density at radius 3 is 2.50 bits per heavy atom. The smallest absolute Gasteiger partial charge is 0.232 e. The summed E-state index contributed by atoms with van der Waals surface area (Å²) in [7, 11) is 0. The second-order valence-corrected chi connectivity index (χ2v) is 5.14. The number of nitrogens with two attached hydrogens (primary N) is 1. The van der Waals surface area contributed by atoms with E-state index in [9.17, 15) is 4.79 Å². The zero-order chi connectivity index (χ0) is 13.4. The number of carbonyl (C=O) groups excluding carboxylic acids is 1. The zero-order valence-electron chi connectivity index (χ0n) is 11.1. The number of nitrogen functional groups attached to an aromatic ring is 1. The van der Waals surface area contributed by atoms with E-state index >= 15 is 0 Å². The second-order valence-electron chi connectivity index (χ2n) is 4.09. The Balaban J connectivity index is 2.45. The van der Waals surface area contributed by atoms with Gasteiger partial charge >= 0.3 is 0 Å². The molecule has 100 valence electrons. The SMILES string of the molecule is CCCN(CCC)C(=O)CSc1ccc(N)nc1. The Bertz CT molecular complexity index is 361. The van der Waals surface area contributed by atoms with Gasteiger partial charge in [-0.05, 0) is 25.0 Å². The fourth-order valence-electron chi connectivity index (χ4n) is 1.61. The average Bonchev–Trinajstić information content (AvgIpc) is 2.37. The maximum atomic E-state index is 12.0. The monoisotopic (exact) mass is 267 g/mol. The minimum absolute atomic E-state index is 0.195. The van der Waals surface area contributed by atoms with Crippen molar-refractivity contribution in [3.8, 4) is 0 Å². The van der Waals surface area contributed by atoms with E-state index < -0.39 is 0 Å². The lowest BCUT2D eigenvalue weighted by Gasteiger charge is -2.21. The highest BCUT2D eigenvalue weighted by Gasteiger charge is 2.11. The molecule has 1 rings (SSSR count).